The molecule has 0 radical (unpaired) electrons. The Morgan fingerprint density at radius 2 is 2.00 bits per heavy atom. The van der Waals surface area contributed by atoms with E-state index in [2.05, 4.69) is 32.2 Å². The van der Waals surface area contributed by atoms with Crippen LogP contribution < -0.4 is 19.9 Å². The van der Waals surface area contributed by atoms with Crippen LogP contribution in [-0.2, 0) is 21.4 Å². The lowest BCUT2D eigenvalue weighted by atomic mass is 9.73. The molecule has 34 heavy (non-hydrogen) atoms. The van der Waals surface area contributed by atoms with Gasteiger partial charge in [0.05, 0.1) is 11.6 Å². The third-order valence-electron chi connectivity index (χ3n) is 7.49. The highest BCUT2D eigenvalue weighted by Crippen LogP contribution is 2.46. The minimum Gasteiger partial charge on any atom is -0.491 e. The second-order valence-electron chi connectivity index (χ2n) is 9.78. The largest absolute Gasteiger partial charge is 0.491 e. The molecule has 4 heterocycles. The molecule has 0 bridgehead atoms. The molecule has 1 spiro atoms. The van der Waals surface area contributed by atoms with E-state index in [4.69, 9.17) is 4.74 Å². The number of hydrogen-bond acceptors (Lipinski definition) is 6. The van der Waals surface area contributed by atoms with Crippen LogP contribution in [0.3, 0.4) is 0 Å². The number of benzene rings is 1. The Balaban J connectivity index is 1.18. The molecular formula is C26H33N5O3. The van der Waals surface area contributed by atoms with E-state index in [9.17, 15) is 9.59 Å². The van der Waals surface area contributed by atoms with Crippen molar-refractivity contribution in [1.29, 1.82) is 0 Å². The maximum Gasteiger partial charge on any atom is 0.235 e. The Morgan fingerprint density at radius 3 is 2.74 bits per heavy atom. The molecule has 2 amide bonds. The van der Waals surface area contributed by atoms with Crippen LogP contribution >= 0.6 is 0 Å². The van der Waals surface area contributed by atoms with Crippen LogP contribution in [0.5, 0.6) is 5.75 Å². The molecule has 180 valence electrons. The number of carbonyl (C=O) groups is 2. The van der Waals surface area contributed by atoms with Crippen LogP contribution in [0.4, 0.5) is 17.2 Å². The van der Waals surface area contributed by atoms with Crippen LogP contribution in [-0.4, -0.2) is 68.6 Å². The summed E-state index contributed by atoms with van der Waals surface area (Å²) in [6.45, 7) is 5.40. The van der Waals surface area contributed by atoms with Gasteiger partial charge in [-0.2, -0.15) is 0 Å². The van der Waals surface area contributed by atoms with E-state index in [0.717, 1.165) is 85.9 Å². The predicted molar refractivity (Wildman–Crippen MR) is 133 cm³/mol. The van der Waals surface area contributed by atoms with E-state index in [1.54, 1.807) is 18.0 Å². The molecule has 1 fully saturated rings. The SMILES string of the molecule is CC(=O)N1CCCc2cc(OCCN3CCC4(CC3)C(=O)Nc3ccc(N(C)C)cc34)cnc21. The number of nitrogens with zero attached hydrogens (tertiary/aromatic N) is 4. The van der Waals surface area contributed by atoms with E-state index in [1.807, 2.05) is 26.2 Å². The van der Waals surface area contributed by atoms with E-state index >= 15 is 0 Å². The summed E-state index contributed by atoms with van der Waals surface area (Å²) in [5, 5.41) is 3.11. The van der Waals surface area contributed by atoms with Gasteiger partial charge in [-0.25, -0.2) is 4.98 Å². The van der Waals surface area contributed by atoms with Gasteiger partial charge in [-0.05, 0) is 74.2 Å². The number of anilines is 3. The van der Waals surface area contributed by atoms with Gasteiger partial charge in [0, 0.05) is 45.5 Å². The van der Waals surface area contributed by atoms with Gasteiger partial charge >= 0.3 is 0 Å². The van der Waals surface area contributed by atoms with Crippen molar-refractivity contribution in [3.63, 3.8) is 0 Å². The van der Waals surface area contributed by atoms with Gasteiger partial charge in [-0.3, -0.25) is 19.4 Å². The molecule has 1 aromatic heterocycles. The highest BCUT2D eigenvalue weighted by atomic mass is 16.5. The van der Waals surface area contributed by atoms with Crippen molar-refractivity contribution >= 4 is 29.0 Å². The van der Waals surface area contributed by atoms with Crippen LogP contribution in [0.2, 0.25) is 0 Å². The van der Waals surface area contributed by atoms with Gasteiger partial charge in [-0.15, -0.1) is 0 Å². The number of hydrogen-bond donors (Lipinski definition) is 1. The topological polar surface area (TPSA) is 78.0 Å². The minimum atomic E-state index is -0.427. The van der Waals surface area contributed by atoms with Crippen molar-refractivity contribution in [2.75, 3.05) is 62.0 Å². The summed E-state index contributed by atoms with van der Waals surface area (Å²) >= 11 is 0. The number of rotatable bonds is 5. The fraction of sp³-hybridized carbons (Fsp3) is 0.500. The third kappa shape index (κ3) is 4.00. The van der Waals surface area contributed by atoms with Gasteiger partial charge in [0.2, 0.25) is 11.8 Å². The van der Waals surface area contributed by atoms with Crippen molar-refractivity contribution < 1.29 is 14.3 Å². The molecule has 2 aromatic rings. The van der Waals surface area contributed by atoms with E-state index in [1.165, 1.54) is 0 Å². The summed E-state index contributed by atoms with van der Waals surface area (Å²) in [7, 11) is 4.05. The van der Waals surface area contributed by atoms with E-state index in [0.29, 0.717) is 6.61 Å². The number of ether oxygens (including phenoxy) is 1. The average molecular weight is 464 g/mol. The van der Waals surface area contributed by atoms with Crippen molar-refractivity contribution in [2.45, 2.75) is 38.0 Å². The highest BCUT2D eigenvalue weighted by molar-refractivity contribution is 6.06. The van der Waals surface area contributed by atoms with Crippen molar-refractivity contribution in [3.8, 4) is 5.75 Å². The van der Waals surface area contributed by atoms with Crippen molar-refractivity contribution in [2.24, 2.45) is 0 Å². The van der Waals surface area contributed by atoms with Crippen molar-refractivity contribution in [1.82, 2.24) is 9.88 Å². The third-order valence-corrected chi connectivity index (χ3v) is 7.49. The Labute approximate surface area is 200 Å². The number of aromatic nitrogens is 1. The van der Waals surface area contributed by atoms with Gasteiger partial charge < -0.3 is 15.0 Å². The van der Waals surface area contributed by atoms with Gasteiger partial charge in [0.15, 0.2) is 0 Å². The number of aryl methyl sites for hydroxylation is 1. The summed E-state index contributed by atoms with van der Waals surface area (Å²) in [4.78, 5) is 35.5. The zero-order valence-electron chi connectivity index (χ0n) is 20.3. The number of fused-ring (bicyclic) bond motifs is 3. The number of likely N-dealkylation sites (tertiary alicyclic amines) is 1. The second-order valence-corrected chi connectivity index (χ2v) is 9.78. The van der Waals surface area contributed by atoms with E-state index in [-0.39, 0.29) is 11.8 Å². The molecule has 0 saturated carbocycles. The molecule has 8 heteroatoms. The number of pyridine rings is 1. The summed E-state index contributed by atoms with van der Waals surface area (Å²) in [5.41, 5.74) is 3.86. The summed E-state index contributed by atoms with van der Waals surface area (Å²) in [5.74, 6) is 1.67. The van der Waals surface area contributed by atoms with Crippen LogP contribution in [0.1, 0.15) is 37.3 Å². The standard InChI is InChI=1S/C26H33N5O3/c1-18(32)31-10-4-5-19-15-21(17-27-24(19)31)34-14-13-30-11-8-26(9-12-30)22-16-20(29(2)3)6-7-23(22)28-25(26)33/h6-7,15-17H,4-5,8-14H2,1-3H3,(H,28,33). The first kappa shape index (κ1) is 22.7. The zero-order valence-corrected chi connectivity index (χ0v) is 20.3. The Morgan fingerprint density at radius 1 is 1.21 bits per heavy atom. The number of amides is 2. The lowest BCUT2D eigenvalue weighted by Crippen LogP contribution is -2.47. The van der Waals surface area contributed by atoms with Crippen LogP contribution in [0.25, 0.3) is 0 Å². The molecule has 1 aromatic carbocycles. The lowest BCUT2D eigenvalue weighted by molar-refractivity contribution is -0.122. The predicted octanol–water partition coefficient (Wildman–Crippen LogP) is 2.81. The summed E-state index contributed by atoms with van der Waals surface area (Å²) in [6.07, 6.45) is 5.19. The first-order valence-corrected chi connectivity index (χ1v) is 12.1. The smallest absolute Gasteiger partial charge is 0.235 e. The average Bonchev–Trinajstić information content (AvgIpc) is 3.10. The van der Waals surface area contributed by atoms with Crippen molar-refractivity contribution in [3.05, 3.63) is 41.6 Å². The van der Waals surface area contributed by atoms with Crippen LogP contribution in [0.15, 0.2) is 30.5 Å². The quantitative estimate of drug-likeness (QED) is 0.735. The maximum absolute atomic E-state index is 13.0. The van der Waals surface area contributed by atoms with Crippen LogP contribution in [0, 0.1) is 0 Å². The Hall–Kier alpha value is -3.13. The number of piperidine rings is 1. The second kappa shape index (κ2) is 8.91. The summed E-state index contributed by atoms with van der Waals surface area (Å²) in [6, 6.07) is 8.27. The van der Waals surface area contributed by atoms with E-state index < -0.39 is 5.41 Å². The molecule has 5 rings (SSSR count). The monoisotopic (exact) mass is 463 g/mol. The van der Waals surface area contributed by atoms with Gasteiger partial charge in [0.25, 0.3) is 0 Å². The first-order valence-electron chi connectivity index (χ1n) is 12.1. The molecule has 3 aliphatic rings. The Bertz CT molecular complexity index is 1110. The normalized spacial score (nSPS) is 18.9. The molecule has 0 atom stereocenters. The molecule has 0 aliphatic carbocycles. The molecule has 1 saturated heterocycles. The summed E-state index contributed by atoms with van der Waals surface area (Å²) < 4.78 is 6.01. The molecule has 8 nitrogen and oxygen atoms in total. The fourth-order valence-corrected chi connectivity index (χ4v) is 5.45. The fourth-order valence-electron chi connectivity index (χ4n) is 5.45. The highest BCUT2D eigenvalue weighted by Gasteiger charge is 2.48. The number of carbonyl (C=O) groups excluding carboxylic acids is 2. The molecule has 0 unspecified atom stereocenters. The number of nitrogens with one attached hydrogen (secondary N) is 1. The Kier molecular flexibility index (Phi) is 5.93. The zero-order chi connectivity index (χ0) is 23.9. The van der Waals surface area contributed by atoms with Gasteiger partial charge in [-0.1, -0.05) is 0 Å². The molecule has 1 N–H and O–H groups in total. The minimum absolute atomic E-state index is 0.0292. The van der Waals surface area contributed by atoms with Gasteiger partial charge in [0.1, 0.15) is 18.2 Å². The molecule has 3 aliphatic heterocycles. The molecular weight excluding hydrogens is 430 g/mol. The first-order chi connectivity index (χ1) is 16.4. The lowest BCUT2D eigenvalue weighted by Gasteiger charge is -2.38. The maximum atomic E-state index is 13.0.